The number of anilines is 2. The van der Waals surface area contributed by atoms with Crippen LogP contribution in [0.4, 0.5) is 25.1 Å². The lowest BCUT2D eigenvalue weighted by molar-refractivity contribution is 0.00838. The van der Waals surface area contributed by atoms with E-state index >= 15 is 0 Å². The lowest BCUT2D eigenvalue weighted by atomic mass is 9.73. The predicted molar refractivity (Wildman–Crippen MR) is 104 cm³/mol. The Bertz CT molecular complexity index is 938. The number of halogens is 2. The largest absolute Gasteiger partial charge is 0.489 e. The highest BCUT2D eigenvalue weighted by Crippen LogP contribution is 2.43. The van der Waals surface area contributed by atoms with Gasteiger partial charge in [0.2, 0.25) is 0 Å². The van der Waals surface area contributed by atoms with E-state index < -0.39 is 0 Å². The Hall–Kier alpha value is -2.90. The summed E-state index contributed by atoms with van der Waals surface area (Å²) in [6, 6.07) is 7.27. The van der Waals surface area contributed by atoms with E-state index in [0.717, 1.165) is 25.3 Å². The highest BCUT2D eigenvalue weighted by molar-refractivity contribution is 5.95. The van der Waals surface area contributed by atoms with E-state index in [9.17, 15) is 13.6 Å². The predicted octanol–water partition coefficient (Wildman–Crippen LogP) is 3.28. The van der Waals surface area contributed by atoms with E-state index in [1.54, 1.807) is 17.0 Å². The van der Waals surface area contributed by atoms with Crippen molar-refractivity contribution in [2.75, 3.05) is 42.6 Å². The van der Waals surface area contributed by atoms with Crippen LogP contribution in [0.25, 0.3) is 0 Å². The molecule has 6 nitrogen and oxygen atoms in total. The van der Waals surface area contributed by atoms with Crippen molar-refractivity contribution >= 4 is 17.5 Å². The molecule has 1 aromatic heterocycles. The first-order chi connectivity index (χ1) is 14.0. The van der Waals surface area contributed by atoms with Gasteiger partial charge in [-0.15, -0.1) is 0 Å². The summed E-state index contributed by atoms with van der Waals surface area (Å²) in [7, 11) is 0. The van der Waals surface area contributed by atoms with Crippen molar-refractivity contribution in [2.45, 2.75) is 19.4 Å². The minimum absolute atomic E-state index is 0.0583. The number of carbonyl (C=O) groups is 1. The maximum Gasteiger partial charge on any atom is 0.325 e. The normalized spacial score (nSPS) is 21.9. The quantitative estimate of drug-likeness (QED) is 0.776. The highest BCUT2D eigenvalue weighted by Gasteiger charge is 2.54. The van der Waals surface area contributed by atoms with Gasteiger partial charge >= 0.3 is 6.03 Å². The molecule has 2 amide bonds. The van der Waals surface area contributed by atoms with Crippen molar-refractivity contribution in [2.24, 2.45) is 5.41 Å². The van der Waals surface area contributed by atoms with Crippen LogP contribution in [0.2, 0.25) is 0 Å². The van der Waals surface area contributed by atoms with Gasteiger partial charge in [0.1, 0.15) is 29.8 Å². The number of rotatable bonds is 2. The van der Waals surface area contributed by atoms with Crippen LogP contribution < -0.4 is 14.5 Å². The first kappa shape index (κ1) is 18.1. The Morgan fingerprint density at radius 1 is 1.17 bits per heavy atom. The van der Waals surface area contributed by atoms with Gasteiger partial charge in [-0.1, -0.05) is 6.92 Å². The van der Waals surface area contributed by atoms with Crippen LogP contribution in [0.15, 0.2) is 36.5 Å². The van der Waals surface area contributed by atoms with Crippen LogP contribution in [-0.4, -0.2) is 54.7 Å². The fourth-order valence-corrected chi connectivity index (χ4v) is 4.55. The molecule has 5 rings (SSSR count). The summed E-state index contributed by atoms with van der Waals surface area (Å²) in [5.74, 6) is 0.450. The summed E-state index contributed by atoms with van der Waals surface area (Å²) in [6.45, 7) is 5.33. The van der Waals surface area contributed by atoms with Crippen LogP contribution in [0.3, 0.4) is 0 Å². The smallest absolute Gasteiger partial charge is 0.325 e. The van der Waals surface area contributed by atoms with Gasteiger partial charge in [-0.05, 0) is 30.7 Å². The average molecular weight is 400 g/mol. The second-order valence-corrected chi connectivity index (χ2v) is 8.18. The third-order valence-corrected chi connectivity index (χ3v) is 6.07. The van der Waals surface area contributed by atoms with Crippen molar-refractivity contribution in [1.29, 1.82) is 0 Å². The van der Waals surface area contributed by atoms with Crippen LogP contribution in [0.5, 0.6) is 5.75 Å². The fraction of sp³-hybridized carbons (Fsp3) is 0.429. The summed E-state index contributed by atoms with van der Waals surface area (Å²) < 4.78 is 32.3. The molecule has 3 aliphatic rings. The number of likely N-dealkylation sites (tertiary alicyclic amines) is 1. The summed E-state index contributed by atoms with van der Waals surface area (Å²) >= 11 is 0. The molecular formula is C21H22F2N4O2. The maximum absolute atomic E-state index is 13.6. The minimum Gasteiger partial charge on any atom is -0.489 e. The summed E-state index contributed by atoms with van der Waals surface area (Å²) in [4.78, 5) is 23.1. The molecule has 3 aliphatic heterocycles. The molecule has 0 aliphatic carbocycles. The number of ether oxygens (including phenoxy) is 1. The van der Waals surface area contributed by atoms with Crippen molar-refractivity contribution in [3.63, 3.8) is 0 Å². The van der Waals surface area contributed by atoms with E-state index in [4.69, 9.17) is 4.74 Å². The van der Waals surface area contributed by atoms with E-state index in [2.05, 4.69) is 9.88 Å². The molecular weight excluding hydrogens is 378 g/mol. The number of fused-ring (bicyclic) bond motifs is 1. The Labute approximate surface area is 167 Å². The number of benzene rings is 1. The summed E-state index contributed by atoms with van der Waals surface area (Å²) in [5, 5.41) is 0. The van der Waals surface area contributed by atoms with Gasteiger partial charge in [0.05, 0.1) is 17.9 Å². The first-order valence-electron chi connectivity index (χ1n) is 9.85. The third-order valence-electron chi connectivity index (χ3n) is 6.07. The van der Waals surface area contributed by atoms with Gasteiger partial charge in [-0.3, -0.25) is 4.90 Å². The van der Waals surface area contributed by atoms with E-state index in [1.165, 1.54) is 24.4 Å². The van der Waals surface area contributed by atoms with Gasteiger partial charge in [0.15, 0.2) is 0 Å². The third kappa shape index (κ3) is 2.97. The zero-order valence-electron chi connectivity index (χ0n) is 16.1. The van der Waals surface area contributed by atoms with Gasteiger partial charge in [0.25, 0.3) is 0 Å². The van der Waals surface area contributed by atoms with Gasteiger partial charge < -0.3 is 14.5 Å². The number of carbonyl (C=O) groups excluding carboxylic acids is 1. The molecule has 0 N–H and O–H groups in total. The molecule has 2 fully saturated rings. The molecule has 1 aromatic carbocycles. The molecule has 1 spiro atoms. The number of hydrogen-bond donors (Lipinski definition) is 0. The molecule has 152 valence electrons. The van der Waals surface area contributed by atoms with Crippen LogP contribution in [0, 0.1) is 17.0 Å². The van der Waals surface area contributed by atoms with Crippen molar-refractivity contribution in [3.05, 3.63) is 48.2 Å². The Balaban J connectivity index is 1.26. The van der Waals surface area contributed by atoms with Crippen LogP contribution in [-0.2, 0) is 0 Å². The molecule has 29 heavy (non-hydrogen) atoms. The molecule has 8 heteroatoms. The second kappa shape index (κ2) is 6.57. The van der Waals surface area contributed by atoms with Gasteiger partial charge in [0, 0.05) is 37.7 Å². The van der Waals surface area contributed by atoms with E-state index in [-0.39, 0.29) is 29.1 Å². The van der Waals surface area contributed by atoms with Crippen molar-refractivity contribution in [3.8, 4) is 5.75 Å². The number of hydrogen-bond acceptors (Lipinski definition) is 4. The maximum atomic E-state index is 13.6. The fourth-order valence-electron chi connectivity index (χ4n) is 4.55. The monoisotopic (exact) mass is 400 g/mol. The average Bonchev–Trinajstić information content (AvgIpc) is 2.65. The van der Waals surface area contributed by atoms with E-state index in [1.807, 2.05) is 11.8 Å². The summed E-state index contributed by atoms with van der Waals surface area (Å²) in [6.07, 6.45) is 1.98. The van der Waals surface area contributed by atoms with Crippen molar-refractivity contribution < 1.29 is 18.3 Å². The second-order valence-electron chi connectivity index (χ2n) is 8.18. The zero-order valence-corrected chi connectivity index (χ0v) is 16.1. The number of urea groups is 1. The van der Waals surface area contributed by atoms with Gasteiger partial charge in [-0.25, -0.2) is 18.6 Å². The van der Waals surface area contributed by atoms with Crippen LogP contribution >= 0.6 is 0 Å². The SMILES string of the molecule is CCC1COc2cc(F)ccc2N1C(=O)N1CC2(C1)CN(c1ccc(F)cn1)C2. The lowest BCUT2D eigenvalue weighted by Gasteiger charge is -2.61. The number of amides is 2. The molecule has 0 bridgehead atoms. The highest BCUT2D eigenvalue weighted by atomic mass is 19.1. The molecule has 2 saturated heterocycles. The van der Waals surface area contributed by atoms with Crippen LogP contribution in [0.1, 0.15) is 13.3 Å². The number of nitrogens with zero attached hydrogens (tertiary/aromatic N) is 4. The van der Waals surface area contributed by atoms with E-state index in [0.29, 0.717) is 31.1 Å². The molecule has 0 radical (unpaired) electrons. The topological polar surface area (TPSA) is 48.9 Å². The number of pyridine rings is 1. The molecule has 0 saturated carbocycles. The molecule has 4 heterocycles. The summed E-state index contributed by atoms with van der Waals surface area (Å²) in [5.41, 5.74) is 0.701. The lowest BCUT2D eigenvalue weighted by Crippen LogP contribution is -2.74. The minimum atomic E-state index is -0.377. The molecule has 2 aromatic rings. The van der Waals surface area contributed by atoms with Gasteiger partial charge in [-0.2, -0.15) is 0 Å². The molecule has 1 atom stereocenters. The molecule has 1 unspecified atom stereocenters. The van der Waals surface area contributed by atoms with Crippen molar-refractivity contribution in [1.82, 2.24) is 9.88 Å². The zero-order chi connectivity index (χ0) is 20.2. The number of aromatic nitrogens is 1. The standard InChI is InChI=1S/C21H22F2N4O2/c1-2-16-9-29-18-7-14(22)3-5-17(18)27(16)20(28)26-12-21(13-26)10-25(11-21)19-6-4-15(23)8-24-19/h3-8,16H,2,9-13H2,1H3. The Morgan fingerprint density at radius 3 is 2.62 bits per heavy atom. The first-order valence-corrected chi connectivity index (χ1v) is 9.85. The Kier molecular flexibility index (Phi) is 4.11. The Morgan fingerprint density at radius 2 is 1.93 bits per heavy atom.